The van der Waals surface area contributed by atoms with Crippen LogP contribution in [0.2, 0.25) is 0 Å². The molecule has 1 aliphatic heterocycles. The monoisotopic (exact) mass is 416 g/mol. The number of hydrogen-bond donors (Lipinski definition) is 1. The third kappa shape index (κ3) is 3.77. The summed E-state index contributed by atoms with van der Waals surface area (Å²) in [5.74, 6) is -0.291. The molecule has 1 N–H and O–H groups in total. The van der Waals surface area contributed by atoms with Gasteiger partial charge in [-0.15, -0.1) is 0 Å². The van der Waals surface area contributed by atoms with Gasteiger partial charge >= 0.3 is 0 Å². The Morgan fingerprint density at radius 2 is 1.77 bits per heavy atom. The second-order valence-electron chi connectivity index (χ2n) is 5.71. The third-order valence-electron chi connectivity index (χ3n) is 3.94. The number of hydrogen-bond acceptors (Lipinski definition) is 4. The van der Waals surface area contributed by atoms with Gasteiger partial charge in [0.2, 0.25) is 5.91 Å². The minimum Gasteiger partial charge on any atom is -0.494 e. The lowest BCUT2D eigenvalue weighted by molar-refractivity contribution is -0.116. The zero-order valence-corrected chi connectivity index (χ0v) is 15.7. The summed E-state index contributed by atoms with van der Waals surface area (Å²) in [5, 5.41) is 2.74. The quantitative estimate of drug-likeness (QED) is 0.731. The summed E-state index contributed by atoms with van der Waals surface area (Å²) in [4.78, 5) is 37.9. The molecule has 0 saturated carbocycles. The van der Waals surface area contributed by atoms with Gasteiger partial charge in [0.25, 0.3) is 11.8 Å². The molecule has 0 bridgehead atoms. The van der Waals surface area contributed by atoms with Crippen molar-refractivity contribution in [3.8, 4) is 5.75 Å². The van der Waals surface area contributed by atoms with Gasteiger partial charge in [0.05, 0.1) is 17.7 Å². The Morgan fingerprint density at radius 3 is 2.46 bits per heavy atom. The van der Waals surface area contributed by atoms with Crippen LogP contribution < -0.4 is 10.1 Å². The average molecular weight is 417 g/mol. The molecule has 0 aromatic heterocycles. The SMILES string of the molecule is CCOc1ccc(NC(=O)CCN2C(=O)c3ccc(Br)cc3C2=O)cc1. The van der Waals surface area contributed by atoms with Gasteiger partial charge in [-0.2, -0.15) is 0 Å². The van der Waals surface area contributed by atoms with E-state index >= 15 is 0 Å². The van der Waals surface area contributed by atoms with Crippen molar-refractivity contribution < 1.29 is 19.1 Å². The van der Waals surface area contributed by atoms with Crippen LogP contribution in [0, 0.1) is 0 Å². The summed E-state index contributed by atoms with van der Waals surface area (Å²) in [6, 6.07) is 12.0. The fourth-order valence-corrected chi connectivity index (χ4v) is 3.07. The molecule has 2 aromatic rings. The molecule has 134 valence electrons. The topological polar surface area (TPSA) is 75.7 Å². The fourth-order valence-electron chi connectivity index (χ4n) is 2.70. The van der Waals surface area contributed by atoms with Crippen molar-refractivity contribution in [2.24, 2.45) is 0 Å². The molecule has 0 spiro atoms. The van der Waals surface area contributed by atoms with Crippen LogP contribution in [0.15, 0.2) is 46.9 Å². The zero-order valence-electron chi connectivity index (χ0n) is 14.1. The second kappa shape index (κ2) is 7.70. The van der Waals surface area contributed by atoms with Gasteiger partial charge < -0.3 is 10.1 Å². The third-order valence-corrected chi connectivity index (χ3v) is 4.44. The number of anilines is 1. The molecule has 1 aliphatic rings. The molecule has 0 fully saturated rings. The number of nitrogens with zero attached hydrogens (tertiary/aromatic N) is 1. The number of imide groups is 1. The summed E-state index contributed by atoms with van der Waals surface area (Å²) in [6.45, 7) is 2.50. The molecule has 26 heavy (non-hydrogen) atoms. The van der Waals surface area contributed by atoms with Crippen LogP contribution in [0.5, 0.6) is 5.75 Å². The number of benzene rings is 2. The standard InChI is InChI=1S/C19H17BrN2O4/c1-2-26-14-6-4-13(5-7-14)21-17(23)9-10-22-18(24)15-8-3-12(20)11-16(15)19(22)25/h3-8,11H,2,9-10H2,1H3,(H,21,23). The second-order valence-corrected chi connectivity index (χ2v) is 6.62. The maximum Gasteiger partial charge on any atom is 0.261 e. The smallest absolute Gasteiger partial charge is 0.261 e. The number of nitrogens with one attached hydrogen (secondary N) is 1. The van der Waals surface area contributed by atoms with Crippen molar-refractivity contribution in [3.63, 3.8) is 0 Å². The predicted molar refractivity (Wildman–Crippen MR) is 100 cm³/mol. The molecule has 0 radical (unpaired) electrons. The Bertz CT molecular complexity index is 864. The highest BCUT2D eigenvalue weighted by atomic mass is 79.9. The summed E-state index contributed by atoms with van der Waals surface area (Å²) in [5.41, 5.74) is 1.35. The fraction of sp³-hybridized carbons (Fsp3) is 0.211. The van der Waals surface area contributed by atoms with Crippen LogP contribution in [0.25, 0.3) is 0 Å². The minimum absolute atomic E-state index is 0.0276. The van der Waals surface area contributed by atoms with Gasteiger partial charge in [0, 0.05) is 23.1 Å². The molecule has 7 heteroatoms. The molecule has 2 aromatic carbocycles. The number of halogens is 1. The van der Waals surface area contributed by atoms with Crippen LogP contribution in [-0.4, -0.2) is 35.8 Å². The van der Waals surface area contributed by atoms with Crippen molar-refractivity contribution in [2.75, 3.05) is 18.5 Å². The highest BCUT2D eigenvalue weighted by molar-refractivity contribution is 9.10. The minimum atomic E-state index is -0.375. The van der Waals surface area contributed by atoms with E-state index in [0.29, 0.717) is 23.4 Å². The maximum atomic E-state index is 12.4. The number of carbonyl (C=O) groups excluding carboxylic acids is 3. The van der Waals surface area contributed by atoms with Gasteiger partial charge in [0.15, 0.2) is 0 Å². The molecule has 0 unspecified atom stereocenters. The van der Waals surface area contributed by atoms with Crippen LogP contribution in [-0.2, 0) is 4.79 Å². The number of carbonyl (C=O) groups is 3. The van der Waals surface area contributed by atoms with Crippen LogP contribution in [0.4, 0.5) is 5.69 Å². The lowest BCUT2D eigenvalue weighted by atomic mass is 10.1. The van der Waals surface area contributed by atoms with Gasteiger partial charge in [-0.3, -0.25) is 19.3 Å². The first-order chi connectivity index (χ1) is 12.5. The first-order valence-electron chi connectivity index (χ1n) is 8.18. The van der Waals surface area contributed by atoms with Crippen molar-refractivity contribution in [3.05, 3.63) is 58.1 Å². The number of ether oxygens (including phenoxy) is 1. The summed E-state index contributed by atoms with van der Waals surface area (Å²) >= 11 is 3.29. The van der Waals surface area contributed by atoms with Crippen LogP contribution >= 0.6 is 15.9 Å². The van der Waals surface area contributed by atoms with E-state index in [9.17, 15) is 14.4 Å². The van der Waals surface area contributed by atoms with Gasteiger partial charge in [0.1, 0.15) is 5.75 Å². The van der Waals surface area contributed by atoms with Crippen molar-refractivity contribution in [1.29, 1.82) is 0 Å². The molecule has 0 aliphatic carbocycles. The van der Waals surface area contributed by atoms with Gasteiger partial charge in [-0.1, -0.05) is 15.9 Å². The van der Waals surface area contributed by atoms with E-state index in [1.165, 1.54) is 0 Å². The molecular formula is C19H17BrN2O4. The lowest BCUT2D eigenvalue weighted by Gasteiger charge is -2.13. The molecule has 1 heterocycles. The summed E-state index contributed by atoms with van der Waals surface area (Å²) in [7, 11) is 0. The normalized spacial score (nSPS) is 12.9. The Balaban J connectivity index is 1.58. The largest absolute Gasteiger partial charge is 0.494 e. The van der Waals surface area contributed by atoms with E-state index in [2.05, 4.69) is 21.2 Å². The van der Waals surface area contributed by atoms with Gasteiger partial charge in [-0.05, 0) is 49.4 Å². The van der Waals surface area contributed by atoms with Crippen LogP contribution in [0.1, 0.15) is 34.1 Å². The van der Waals surface area contributed by atoms with Crippen molar-refractivity contribution in [2.45, 2.75) is 13.3 Å². The molecule has 3 rings (SSSR count). The molecular weight excluding hydrogens is 400 g/mol. The number of fused-ring (bicyclic) bond motifs is 1. The van der Waals surface area contributed by atoms with E-state index in [1.54, 1.807) is 42.5 Å². The highest BCUT2D eigenvalue weighted by Gasteiger charge is 2.35. The van der Waals surface area contributed by atoms with E-state index in [-0.39, 0.29) is 30.7 Å². The molecule has 0 saturated heterocycles. The first kappa shape index (κ1) is 18.1. The zero-order chi connectivity index (χ0) is 18.7. The van der Waals surface area contributed by atoms with Crippen LogP contribution in [0.3, 0.4) is 0 Å². The van der Waals surface area contributed by atoms with Crippen molar-refractivity contribution in [1.82, 2.24) is 4.90 Å². The Hall–Kier alpha value is -2.67. The average Bonchev–Trinajstić information content (AvgIpc) is 2.85. The lowest BCUT2D eigenvalue weighted by Crippen LogP contribution is -2.32. The first-order valence-corrected chi connectivity index (χ1v) is 8.97. The van der Waals surface area contributed by atoms with Gasteiger partial charge in [-0.25, -0.2) is 0 Å². The van der Waals surface area contributed by atoms with E-state index in [0.717, 1.165) is 15.1 Å². The Morgan fingerprint density at radius 1 is 1.08 bits per heavy atom. The predicted octanol–water partition coefficient (Wildman–Crippen LogP) is 3.47. The molecule has 3 amide bonds. The number of amides is 3. The Labute approximate surface area is 159 Å². The summed E-state index contributed by atoms with van der Waals surface area (Å²) in [6.07, 6.45) is 0.0276. The van der Waals surface area contributed by atoms with E-state index in [4.69, 9.17) is 4.74 Å². The molecule has 6 nitrogen and oxygen atoms in total. The van der Waals surface area contributed by atoms with Crippen molar-refractivity contribution >= 4 is 39.3 Å². The Kier molecular flexibility index (Phi) is 5.37. The highest BCUT2D eigenvalue weighted by Crippen LogP contribution is 2.26. The molecule has 0 atom stereocenters. The van der Waals surface area contributed by atoms with E-state index in [1.807, 2.05) is 6.92 Å². The summed E-state index contributed by atoms with van der Waals surface area (Å²) < 4.78 is 6.08. The van der Waals surface area contributed by atoms with E-state index < -0.39 is 0 Å². The maximum absolute atomic E-state index is 12.4. The number of rotatable bonds is 6.